The Balaban J connectivity index is 1.30. The van der Waals surface area contributed by atoms with E-state index >= 15 is 0 Å². The number of benzene rings is 2. The van der Waals surface area contributed by atoms with Crippen LogP contribution in [0.25, 0.3) is 11.1 Å². The maximum absolute atomic E-state index is 14.9. The number of amides is 1. The monoisotopic (exact) mass is 418 g/mol. The largest absolute Gasteiger partial charge is 0.442 e. The quantitative estimate of drug-likeness (QED) is 0.480. The molecule has 31 heavy (non-hydrogen) atoms. The van der Waals surface area contributed by atoms with E-state index in [0.717, 1.165) is 11.1 Å². The molecular formula is C22H19FN6O2. The van der Waals surface area contributed by atoms with E-state index < -0.39 is 11.9 Å². The van der Waals surface area contributed by atoms with Crippen LogP contribution >= 0.6 is 0 Å². The molecule has 0 spiro atoms. The van der Waals surface area contributed by atoms with Crippen molar-refractivity contribution in [3.63, 3.8) is 0 Å². The highest BCUT2D eigenvalue weighted by atomic mass is 19.1. The summed E-state index contributed by atoms with van der Waals surface area (Å²) in [6.45, 7) is 1.37. The van der Waals surface area contributed by atoms with Gasteiger partial charge >= 0.3 is 6.09 Å². The number of carbonyl (C=O) groups excluding carboxylic acids is 1. The molecule has 1 amide bonds. The van der Waals surface area contributed by atoms with Crippen LogP contribution in [0.4, 0.5) is 14.9 Å². The Morgan fingerprint density at radius 3 is 2.65 bits per heavy atom. The second kappa shape index (κ2) is 8.02. The first kappa shape index (κ1) is 19.0. The summed E-state index contributed by atoms with van der Waals surface area (Å²) in [6.07, 6.45) is 6.02. The predicted molar refractivity (Wildman–Crippen MR) is 111 cm³/mol. The van der Waals surface area contributed by atoms with E-state index in [0.29, 0.717) is 30.9 Å². The molecule has 2 aromatic heterocycles. The molecule has 1 saturated heterocycles. The van der Waals surface area contributed by atoms with Crippen molar-refractivity contribution in [1.82, 2.24) is 24.8 Å². The van der Waals surface area contributed by atoms with E-state index in [-0.39, 0.29) is 6.10 Å². The van der Waals surface area contributed by atoms with Crippen molar-refractivity contribution in [2.75, 3.05) is 11.4 Å². The minimum absolute atomic E-state index is 0.319. The van der Waals surface area contributed by atoms with Crippen molar-refractivity contribution >= 4 is 11.8 Å². The number of anilines is 1. The molecular weight excluding hydrogens is 399 g/mol. The molecule has 3 heterocycles. The van der Waals surface area contributed by atoms with Gasteiger partial charge in [0.25, 0.3) is 0 Å². The van der Waals surface area contributed by atoms with Crippen molar-refractivity contribution in [2.45, 2.75) is 19.2 Å². The minimum Gasteiger partial charge on any atom is -0.442 e. The van der Waals surface area contributed by atoms with Crippen molar-refractivity contribution in [3.05, 3.63) is 84.7 Å². The molecule has 0 N–H and O–H groups in total. The fraction of sp³-hybridized carbons (Fsp3) is 0.182. The molecule has 1 aliphatic heterocycles. The van der Waals surface area contributed by atoms with E-state index in [1.165, 1.54) is 11.0 Å². The first-order valence-electron chi connectivity index (χ1n) is 9.84. The number of ether oxygens (including phenoxy) is 1. The maximum Gasteiger partial charge on any atom is 0.414 e. The van der Waals surface area contributed by atoms with E-state index in [9.17, 15) is 9.18 Å². The summed E-state index contributed by atoms with van der Waals surface area (Å²) in [7, 11) is 0. The smallest absolute Gasteiger partial charge is 0.414 e. The van der Waals surface area contributed by atoms with Crippen LogP contribution in [-0.2, 0) is 17.8 Å². The molecule has 0 radical (unpaired) electrons. The van der Waals surface area contributed by atoms with E-state index in [1.54, 1.807) is 35.4 Å². The zero-order chi connectivity index (χ0) is 21.2. The molecule has 9 heteroatoms. The Kier molecular flexibility index (Phi) is 4.91. The van der Waals surface area contributed by atoms with E-state index in [1.807, 2.05) is 41.2 Å². The molecule has 1 unspecified atom stereocenters. The van der Waals surface area contributed by atoms with Gasteiger partial charge in [0.05, 0.1) is 31.5 Å². The van der Waals surface area contributed by atoms with Crippen molar-refractivity contribution in [1.29, 1.82) is 0 Å². The Labute approximate surface area is 177 Å². The third kappa shape index (κ3) is 4.02. The maximum atomic E-state index is 14.9. The van der Waals surface area contributed by atoms with Gasteiger partial charge in [-0.05, 0) is 35.4 Å². The van der Waals surface area contributed by atoms with Crippen LogP contribution in [0.3, 0.4) is 0 Å². The summed E-state index contributed by atoms with van der Waals surface area (Å²) >= 11 is 0. The Morgan fingerprint density at radius 2 is 1.94 bits per heavy atom. The lowest BCUT2D eigenvalue weighted by Gasteiger charge is -2.14. The van der Waals surface area contributed by atoms with E-state index in [4.69, 9.17) is 4.74 Å². The lowest BCUT2D eigenvalue weighted by atomic mass is 10.0. The minimum atomic E-state index is -0.500. The molecule has 8 nitrogen and oxygen atoms in total. The van der Waals surface area contributed by atoms with Gasteiger partial charge in [0.1, 0.15) is 11.9 Å². The van der Waals surface area contributed by atoms with Gasteiger partial charge in [0.2, 0.25) is 0 Å². The molecule has 0 aliphatic carbocycles. The lowest BCUT2D eigenvalue weighted by Crippen LogP contribution is -2.26. The summed E-state index contributed by atoms with van der Waals surface area (Å²) in [5.74, 6) is -0.398. The summed E-state index contributed by atoms with van der Waals surface area (Å²) in [5.41, 5.74) is 2.77. The fourth-order valence-corrected chi connectivity index (χ4v) is 3.64. The predicted octanol–water partition coefficient (Wildman–Crippen LogP) is 3.35. The van der Waals surface area contributed by atoms with Crippen LogP contribution in [0.15, 0.2) is 73.3 Å². The Morgan fingerprint density at radius 1 is 1.06 bits per heavy atom. The highest BCUT2D eigenvalue weighted by Crippen LogP contribution is 2.29. The number of halogens is 1. The number of rotatable bonds is 6. The highest BCUT2D eigenvalue weighted by molar-refractivity contribution is 5.90. The molecule has 2 aromatic carbocycles. The van der Waals surface area contributed by atoms with Crippen LogP contribution in [0.5, 0.6) is 0 Å². The van der Waals surface area contributed by atoms with Gasteiger partial charge < -0.3 is 4.74 Å². The van der Waals surface area contributed by atoms with Crippen LogP contribution in [0.2, 0.25) is 0 Å². The molecule has 4 aromatic rings. The van der Waals surface area contributed by atoms with E-state index in [2.05, 4.69) is 15.4 Å². The normalized spacial score (nSPS) is 16.0. The van der Waals surface area contributed by atoms with Gasteiger partial charge in [-0.15, -0.1) is 5.10 Å². The number of nitrogens with zero attached hydrogens (tertiary/aromatic N) is 6. The second-order valence-corrected chi connectivity index (χ2v) is 7.31. The van der Waals surface area contributed by atoms with Gasteiger partial charge in [-0.2, -0.15) is 5.10 Å². The summed E-state index contributed by atoms with van der Waals surface area (Å²) in [6, 6.07) is 14.3. The number of hydrogen-bond donors (Lipinski definition) is 0. The second-order valence-electron chi connectivity index (χ2n) is 7.31. The summed E-state index contributed by atoms with van der Waals surface area (Å²) in [5, 5.41) is 11.8. The first-order chi connectivity index (χ1) is 15.2. The zero-order valence-corrected chi connectivity index (χ0v) is 16.5. The van der Waals surface area contributed by atoms with Crippen LogP contribution in [-0.4, -0.2) is 43.5 Å². The lowest BCUT2D eigenvalue weighted by molar-refractivity contribution is 0.129. The zero-order valence-electron chi connectivity index (χ0n) is 16.5. The van der Waals surface area contributed by atoms with Crippen LogP contribution in [0, 0.1) is 5.82 Å². The standard InChI is InChI=1S/C22H19FN6O2/c23-21-12-18(29-15-19(31-22(29)30)14-28-11-9-24-26-28)6-7-20(21)17-4-2-16(3-5-17)13-27-10-1-8-25-27/h1-12,19H,13-15H2. The SMILES string of the molecule is O=C1OC(Cn2ccnn2)CN1c1ccc(-c2ccc(Cn3cccn3)cc2)c(F)c1. The van der Waals surface area contributed by atoms with Gasteiger partial charge in [0.15, 0.2) is 0 Å². The Bertz CT molecular complexity index is 1180. The fourth-order valence-electron chi connectivity index (χ4n) is 3.64. The van der Waals surface area contributed by atoms with Crippen LogP contribution < -0.4 is 4.90 Å². The average molecular weight is 418 g/mol. The van der Waals surface area contributed by atoms with Crippen molar-refractivity contribution in [2.24, 2.45) is 0 Å². The number of hydrogen-bond acceptors (Lipinski definition) is 5. The number of aromatic nitrogens is 5. The Hall–Kier alpha value is -4.01. The third-order valence-electron chi connectivity index (χ3n) is 5.17. The summed E-state index contributed by atoms with van der Waals surface area (Å²) in [4.78, 5) is 13.7. The molecule has 1 aliphatic rings. The molecule has 5 rings (SSSR count). The molecule has 156 valence electrons. The summed E-state index contributed by atoms with van der Waals surface area (Å²) < 4.78 is 23.7. The highest BCUT2D eigenvalue weighted by Gasteiger charge is 2.33. The first-order valence-corrected chi connectivity index (χ1v) is 9.84. The van der Waals surface area contributed by atoms with Crippen LogP contribution in [0.1, 0.15) is 5.56 Å². The molecule has 1 atom stereocenters. The molecule has 1 fully saturated rings. The van der Waals surface area contributed by atoms with Gasteiger partial charge in [-0.1, -0.05) is 29.5 Å². The topological polar surface area (TPSA) is 78.1 Å². The van der Waals surface area contributed by atoms with Gasteiger partial charge in [-0.3, -0.25) is 9.58 Å². The number of cyclic esters (lactones) is 1. The van der Waals surface area contributed by atoms with Gasteiger partial charge in [-0.25, -0.2) is 13.9 Å². The van der Waals surface area contributed by atoms with Gasteiger partial charge in [0, 0.05) is 24.2 Å². The third-order valence-corrected chi connectivity index (χ3v) is 5.17. The molecule has 0 bridgehead atoms. The van der Waals surface area contributed by atoms with Crippen molar-refractivity contribution in [3.8, 4) is 11.1 Å². The average Bonchev–Trinajstić information content (AvgIpc) is 3.52. The van der Waals surface area contributed by atoms with Crippen molar-refractivity contribution < 1.29 is 13.9 Å². The molecule has 0 saturated carbocycles. The number of carbonyl (C=O) groups is 1.